The summed E-state index contributed by atoms with van der Waals surface area (Å²) in [6, 6.07) is 8.51. The molecular formula is C17H22BrN3O. The van der Waals surface area contributed by atoms with E-state index in [1.807, 2.05) is 29.2 Å². The monoisotopic (exact) mass is 363 g/mol. The van der Waals surface area contributed by atoms with Crippen molar-refractivity contribution < 1.29 is 4.79 Å². The number of hydrogen-bond acceptors (Lipinski definition) is 2. The van der Waals surface area contributed by atoms with Crippen LogP contribution in [0.2, 0.25) is 0 Å². The molecule has 2 heterocycles. The van der Waals surface area contributed by atoms with Crippen LogP contribution in [-0.4, -0.2) is 53.9 Å². The number of nitrogens with zero attached hydrogens (tertiary/aromatic N) is 2. The van der Waals surface area contributed by atoms with Gasteiger partial charge in [0.15, 0.2) is 0 Å². The molecule has 5 heteroatoms. The number of likely N-dealkylation sites (tertiary alicyclic amines) is 1. The minimum atomic E-state index is 0.113. The van der Waals surface area contributed by atoms with Gasteiger partial charge in [0.2, 0.25) is 0 Å². The van der Waals surface area contributed by atoms with Crippen LogP contribution in [0.1, 0.15) is 29.8 Å². The van der Waals surface area contributed by atoms with Crippen molar-refractivity contribution in [2.24, 2.45) is 0 Å². The van der Waals surface area contributed by atoms with Crippen LogP contribution in [0.25, 0.3) is 10.9 Å². The number of halogens is 1. The largest absolute Gasteiger partial charge is 0.350 e. The summed E-state index contributed by atoms with van der Waals surface area (Å²) in [5, 5.41) is 1.06. The zero-order valence-corrected chi connectivity index (χ0v) is 14.7. The molecule has 1 N–H and O–H groups in total. The second-order valence-electron chi connectivity index (χ2n) is 6.22. The number of rotatable bonds is 2. The molecule has 1 atom stereocenters. The van der Waals surface area contributed by atoms with E-state index < -0.39 is 0 Å². The van der Waals surface area contributed by atoms with Crippen LogP contribution in [0.4, 0.5) is 0 Å². The lowest BCUT2D eigenvalue weighted by Gasteiger charge is -2.23. The first-order chi connectivity index (χ1) is 10.6. The number of hydrogen-bond donors (Lipinski definition) is 1. The van der Waals surface area contributed by atoms with Gasteiger partial charge in [-0.3, -0.25) is 4.79 Å². The molecule has 1 aromatic heterocycles. The maximum atomic E-state index is 12.8. The first kappa shape index (κ1) is 15.6. The van der Waals surface area contributed by atoms with E-state index in [1.54, 1.807) is 0 Å². The lowest BCUT2D eigenvalue weighted by atomic mass is 10.1. The molecule has 1 aliphatic heterocycles. The van der Waals surface area contributed by atoms with Gasteiger partial charge in [-0.2, -0.15) is 0 Å². The van der Waals surface area contributed by atoms with E-state index in [9.17, 15) is 4.79 Å². The molecule has 1 aromatic carbocycles. The Balaban J connectivity index is 1.79. The summed E-state index contributed by atoms with van der Waals surface area (Å²) in [6.07, 6.45) is 3.27. The van der Waals surface area contributed by atoms with Gasteiger partial charge in [-0.05, 0) is 51.6 Å². The minimum Gasteiger partial charge on any atom is -0.350 e. The Kier molecular flexibility index (Phi) is 4.54. The van der Waals surface area contributed by atoms with Crippen LogP contribution < -0.4 is 0 Å². The fourth-order valence-electron chi connectivity index (χ4n) is 3.20. The van der Waals surface area contributed by atoms with Gasteiger partial charge in [0.25, 0.3) is 5.91 Å². The van der Waals surface area contributed by atoms with Crippen molar-refractivity contribution in [3.8, 4) is 0 Å². The summed E-state index contributed by atoms with van der Waals surface area (Å²) in [6.45, 7) is 1.68. The minimum absolute atomic E-state index is 0.113. The van der Waals surface area contributed by atoms with Crippen LogP contribution in [0.5, 0.6) is 0 Å². The van der Waals surface area contributed by atoms with Crippen molar-refractivity contribution in [2.45, 2.75) is 25.3 Å². The molecule has 2 aromatic rings. The number of benzene rings is 1. The highest BCUT2D eigenvalue weighted by Crippen LogP contribution is 2.25. The normalized spacial score (nSPS) is 19.6. The molecule has 4 nitrogen and oxygen atoms in total. The standard InChI is InChI=1S/C17H22BrN3O/c1-20(2)12-5-4-9-21(10-8-12)17(22)16-11-13-14(18)6-3-7-15(13)19-16/h3,6-7,11-12,19H,4-5,8-10H2,1-2H3. The SMILES string of the molecule is CN(C)C1CCCN(C(=O)c2cc3c(Br)cccc3[nH]2)CC1. The summed E-state index contributed by atoms with van der Waals surface area (Å²) in [5.74, 6) is 0.113. The second kappa shape index (κ2) is 6.42. The number of H-pyrrole nitrogens is 1. The van der Waals surface area contributed by atoms with Crippen LogP contribution in [-0.2, 0) is 0 Å². The van der Waals surface area contributed by atoms with Gasteiger partial charge in [-0.15, -0.1) is 0 Å². The van der Waals surface area contributed by atoms with Crippen LogP contribution in [0.15, 0.2) is 28.7 Å². The molecule has 0 bridgehead atoms. The first-order valence-electron chi connectivity index (χ1n) is 7.79. The zero-order valence-electron chi connectivity index (χ0n) is 13.1. The summed E-state index contributed by atoms with van der Waals surface area (Å²) >= 11 is 3.54. The fourth-order valence-corrected chi connectivity index (χ4v) is 3.68. The fraction of sp³-hybridized carbons (Fsp3) is 0.471. The topological polar surface area (TPSA) is 39.3 Å². The van der Waals surface area contributed by atoms with Gasteiger partial charge in [0.05, 0.1) is 0 Å². The average Bonchev–Trinajstić information content (AvgIpc) is 2.77. The molecule has 118 valence electrons. The lowest BCUT2D eigenvalue weighted by Crippen LogP contribution is -2.34. The average molecular weight is 364 g/mol. The molecule has 0 aliphatic carbocycles. The van der Waals surface area contributed by atoms with Gasteiger partial charge < -0.3 is 14.8 Å². The predicted octanol–water partition coefficient (Wildman–Crippen LogP) is 3.49. The number of aromatic amines is 1. The molecule has 1 saturated heterocycles. The molecule has 0 spiro atoms. The van der Waals surface area contributed by atoms with Gasteiger partial charge in [0.1, 0.15) is 5.69 Å². The smallest absolute Gasteiger partial charge is 0.270 e. The van der Waals surface area contributed by atoms with Crippen LogP contribution in [0.3, 0.4) is 0 Å². The Morgan fingerprint density at radius 2 is 2.14 bits per heavy atom. The molecule has 3 rings (SSSR count). The number of aromatic nitrogens is 1. The summed E-state index contributed by atoms with van der Waals surface area (Å²) in [7, 11) is 4.24. The number of fused-ring (bicyclic) bond motifs is 1. The van der Waals surface area contributed by atoms with Crippen LogP contribution >= 0.6 is 15.9 Å². The molecular weight excluding hydrogens is 342 g/mol. The van der Waals surface area contributed by atoms with E-state index in [0.29, 0.717) is 11.7 Å². The highest BCUT2D eigenvalue weighted by Gasteiger charge is 2.23. The molecule has 1 fully saturated rings. The lowest BCUT2D eigenvalue weighted by molar-refractivity contribution is 0.0753. The zero-order chi connectivity index (χ0) is 15.7. The Morgan fingerprint density at radius 3 is 2.86 bits per heavy atom. The van der Waals surface area contributed by atoms with Gasteiger partial charge in [-0.25, -0.2) is 0 Å². The van der Waals surface area contributed by atoms with Crippen LogP contribution in [0, 0.1) is 0 Å². The van der Waals surface area contributed by atoms with Crippen molar-refractivity contribution in [1.29, 1.82) is 0 Å². The van der Waals surface area contributed by atoms with E-state index >= 15 is 0 Å². The van der Waals surface area contributed by atoms with E-state index in [0.717, 1.165) is 47.7 Å². The number of carbonyl (C=O) groups excluding carboxylic acids is 1. The first-order valence-corrected chi connectivity index (χ1v) is 8.58. The Bertz CT molecular complexity index is 680. The maximum Gasteiger partial charge on any atom is 0.270 e. The third-order valence-electron chi connectivity index (χ3n) is 4.56. The quantitative estimate of drug-likeness (QED) is 0.886. The molecule has 1 unspecified atom stereocenters. The van der Waals surface area contributed by atoms with Gasteiger partial charge in [-0.1, -0.05) is 22.0 Å². The Hall–Kier alpha value is -1.33. The van der Waals surface area contributed by atoms with E-state index in [-0.39, 0.29) is 5.91 Å². The molecule has 22 heavy (non-hydrogen) atoms. The Labute approximate surface area is 139 Å². The van der Waals surface area contributed by atoms with Gasteiger partial charge in [0, 0.05) is 34.5 Å². The maximum absolute atomic E-state index is 12.8. The predicted molar refractivity (Wildman–Crippen MR) is 93.2 cm³/mol. The van der Waals surface area contributed by atoms with Crippen molar-refractivity contribution in [2.75, 3.05) is 27.2 Å². The van der Waals surface area contributed by atoms with Crippen molar-refractivity contribution in [1.82, 2.24) is 14.8 Å². The summed E-state index contributed by atoms with van der Waals surface area (Å²) in [5.41, 5.74) is 1.68. The van der Waals surface area contributed by atoms with Crippen molar-refractivity contribution in [3.05, 3.63) is 34.4 Å². The van der Waals surface area contributed by atoms with E-state index in [4.69, 9.17) is 0 Å². The summed E-state index contributed by atoms with van der Waals surface area (Å²) < 4.78 is 1.02. The molecule has 1 aliphatic rings. The third-order valence-corrected chi connectivity index (χ3v) is 5.25. The number of carbonyl (C=O) groups is 1. The third kappa shape index (κ3) is 3.06. The second-order valence-corrected chi connectivity index (χ2v) is 7.08. The Morgan fingerprint density at radius 1 is 1.32 bits per heavy atom. The molecule has 0 radical (unpaired) electrons. The number of amides is 1. The van der Waals surface area contributed by atoms with Crippen molar-refractivity contribution in [3.63, 3.8) is 0 Å². The highest BCUT2D eigenvalue weighted by molar-refractivity contribution is 9.10. The van der Waals surface area contributed by atoms with E-state index in [1.165, 1.54) is 0 Å². The van der Waals surface area contributed by atoms with Gasteiger partial charge >= 0.3 is 0 Å². The summed E-state index contributed by atoms with van der Waals surface area (Å²) in [4.78, 5) is 20.3. The molecule has 0 saturated carbocycles. The van der Waals surface area contributed by atoms with Crippen molar-refractivity contribution >= 4 is 32.7 Å². The highest BCUT2D eigenvalue weighted by atomic mass is 79.9. The number of nitrogens with one attached hydrogen (secondary N) is 1. The molecule has 1 amide bonds. The van der Waals surface area contributed by atoms with E-state index in [2.05, 4.69) is 39.9 Å².